The first-order valence-electron chi connectivity index (χ1n) is 2.67. The Labute approximate surface area is 207 Å². The zero-order valence-electron chi connectivity index (χ0n) is 11.2. The molecule has 0 saturated heterocycles. The van der Waals surface area contributed by atoms with Gasteiger partial charge in [-0.1, -0.05) is 0 Å². The molecule has 0 aromatic rings. The summed E-state index contributed by atoms with van der Waals surface area (Å²) in [6, 6.07) is 0. The van der Waals surface area contributed by atoms with Crippen molar-refractivity contribution in [3.8, 4) is 0 Å². The maximum atomic E-state index is 8.63. The molecule has 24 heavy (non-hydrogen) atoms. The minimum absolute atomic E-state index is 0. The van der Waals surface area contributed by atoms with Crippen molar-refractivity contribution in [1.29, 1.82) is 0 Å². The van der Waals surface area contributed by atoms with Gasteiger partial charge in [-0.05, 0) is 0 Å². The molecule has 0 aliphatic carbocycles. The topological polar surface area (TPSA) is 394 Å². The molecule has 8 N–H and O–H groups in total. The van der Waals surface area contributed by atoms with Crippen molar-refractivity contribution in [2.45, 2.75) is 0 Å². The number of quaternary nitrogens is 2. The molecule has 0 spiro atoms. The maximum absolute atomic E-state index is 8.63. The quantitative estimate of drug-likeness (QED) is 0.132. The van der Waals surface area contributed by atoms with Crippen LogP contribution in [0.1, 0.15) is 0 Å². The summed E-state index contributed by atoms with van der Waals surface area (Å²) in [6.07, 6.45) is 0. The molecule has 0 heterocycles. The molecule has 0 rings (SSSR count). The van der Waals surface area contributed by atoms with Gasteiger partial charge in [-0.15, -0.1) is 0 Å². The van der Waals surface area contributed by atoms with Gasteiger partial charge in [0.05, 0.1) is 0 Å². The summed E-state index contributed by atoms with van der Waals surface area (Å²) in [5.74, 6) is 0. The second-order valence-electron chi connectivity index (χ2n) is 1.63. The molecule has 0 saturated carbocycles. The van der Waals surface area contributed by atoms with Crippen molar-refractivity contribution in [2.24, 2.45) is 0 Å². The van der Waals surface area contributed by atoms with Crippen molar-refractivity contribution in [3.63, 3.8) is 0 Å². The van der Waals surface area contributed by atoms with Gasteiger partial charge in [0.25, 0.3) is 0 Å². The molecule has 18 nitrogen and oxygen atoms in total. The van der Waals surface area contributed by atoms with Crippen LogP contribution in [0.3, 0.4) is 0 Å². The van der Waals surface area contributed by atoms with Crippen LogP contribution in [-0.2, 0) is 54.7 Å². The predicted molar refractivity (Wildman–Crippen MR) is 44.8 cm³/mol. The van der Waals surface area contributed by atoms with Gasteiger partial charge in [0, 0.05) is 31.2 Å². The van der Waals surface area contributed by atoms with Gasteiger partial charge < -0.3 is 39.6 Å². The fourth-order valence-electron chi connectivity index (χ4n) is 0. The summed E-state index contributed by atoms with van der Waals surface area (Å²) >= 11 is -6.02. The van der Waals surface area contributed by atoms with Crippen LogP contribution >= 0.6 is 0 Å². The van der Waals surface area contributed by atoms with Crippen LogP contribution in [0.5, 0.6) is 0 Å². The second kappa shape index (κ2) is 21.8. The van der Waals surface area contributed by atoms with Crippen molar-refractivity contribution in [2.75, 3.05) is 0 Å². The summed E-state index contributed by atoms with van der Waals surface area (Å²) < 4.78 is 137. The summed E-state index contributed by atoms with van der Waals surface area (Å²) in [4.78, 5) is 0. The third-order valence-electron chi connectivity index (χ3n) is 0. The van der Waals surface area contributed by atoms with E-state index in [1.54, 1.807) is 0 Å². The normalized spacial score (nSPS) is 9.67. The van der Waals surface area contributed by atoms with Crippen LogP contribution in [-0.4, -0.2) is 52.6 Å². The van der Waals surface area contributed by atoms with E-state index in [0.717, 1.165) is 0 Å². The Hall–Kier alpha value is 2.49. The van der Waals surface area contributed by atoms with E-state index in [1.807, 2.05) is 0 Å². The summed E-state index contributed by atoms with van der Waals surface area (Å²) in [5, 5.41) is 0. The van der Waals surface area contributed by atoms with E-state index in [0.29, 0.717) is 0 Å². The van der Waals surface area contributed by atoms with Crippen molar-refractivity contribution in [1.82, 2.24) is 12.3 Å². The molecule has 2 radical (unpaired) electrons. The van der Waals surface area contributed by atoms with E-state index in [1.165, 1.54) is 0 Å². The first kappa shape index (κ1) is 50.3. The summed E-state index contributed by atoms with van der Waals surface area (Å²) in [6.45, 7) is 0. The summed E-state index contributed by atoms with van der Waals surface area (Å²) in [7, 11) is -15.5. The Balaban J connectivity index is -0.0000000225. The van der Waals surface area contributed by atoms with Crippen LogP contribution < -0.4 is 19.8 Å². The first-order valence-corrected chi connectivity index (χ1v) is 9.94. The number of hydrogen-bond acceptors (Lipinski definition) is 16. The molecule has 0 aliphatic heterocycles. The monoisotopic (exact) mass is 766 g/mol. The van der Waals surface area contributed by atoms with Crippen LogP contribution in [0.4, 0.5) is 0 Å². The van der Waals surface area contributed by atoms with E-state index in [9.17, 15) is 0 Å². The van der Waals surface area contributed by atoms with Crippen LogP contribution in [0.15, 0.2) is 0 Å². The van der Waals surface area contributed by atoms with Crippen molar-refractivity contribution >= 4 is 31.2 Å². The SMILES string of the molecule is O=S(=O)([O-])[O-].O=S(=O)([O-])[O-].O=S(=O)([O-])[O-].[Ce+3].[Ce+3].[NH4+].[NH4+].[O]=[Mo](=[O])([O-])[O-]. The third kappa shape index (κ3) is 2180. The van der Waals surface area contributed by atoms with E-state index < -0.39 is 47.9 Å². The standard InChI is InChI=1S/2Ce.Mo.2H3N.3H2O4S.4O/c;;;;;3*1-5(2,3)4;;;;/h;;;2*1H3;3*(H2,1,2,3,4);;;;/q2*+3;;;;;;;;;2*-1/p-4. The second-order valence-corrected chi connectivity index (χ2v) is 6.09. The molecule has 0 bridgehead atoms. The molecule has 24 heteroatoms. The zero-order valence-corrected chi connectivity index (χ0v) is 21.9. The van der Waals surface area contributed by atoms with Gasteiger partial charge in [-0.25, -0.2) is 0 Å². The van der Waals surface area contributed by atoms with E-state index >= 15 is 0 Å². The summed E-state index contributed by atoms with van der Waals surface area (Å²) in [5.41, 5.74) is 0. The number of hydrogen-bond donors (Lipinski definition) is 2. The molecule has 0 amide bonds. The third-order valence-corrected chi connectivity index (χ3v) is 0. The molecule has 0 aromatic carbocycles. The van der Waals surface area contributed by atoms with Crippen LogP contribution in [0, 0.1) is 83.5 Å². The Kier molecular flexibility index (Phi) is 45.7. The van der Waals surface area contributed by atoms with Gasteiger partial charge in [0.15, 0.2) is 0 Å². The van der Waals surface area contributed by atoms with E-state index in [2.05, 4.69) is 0 Å². The van der Waals surface area contributed by atoms with Gasteiger partial charge in [-0.3, -0.25) is 25.3 Å². The molecule has 146 valence electrons. The first-order chi connectivity index (χ1) is 8.00. The van der Waals surface area contributed by atoms with Gasteiger partial charge in [0.1, 0.15) is 0 Å². The van der Waals surface area contributed by atoms with E-state index in [-0.39, 0.29) is 95.8 Å². The van der Waals surface area contributed by atoms with E-state index in [4.69, 9.17) is 66.9 Å². The molecular formula is H8Ce2MoN2O16S3. The van der Waals surface area contributed by atoms with Gasteiger partial charge in [0.2, 0.25) is 0 Å². The van der Waals surface area contributed by atoms with Gasteiger partial charge >= 0.3 is 115 Å². The minimum atomic E-state index is -6.02. The van der Waals surface area contributed by atoms with Crippen molar-refractivity contribution < 1.29 is 167 Å². The molecule has 0 unspecified atom stereocenters. The van der Waals surface area contributed by atoms with Gasteiger partial charge in [-0.2, -0.15) is 0 Å². The average Bonchev–Trinajstić information content (AvgIpc) is 1.62. The average molecular weight is 764 g/mol. The number of rotatable bonds is 0. The van der Waals surface area contributed by atoms with Crippen LogP contribution in [0.25, 0.3) is 0 Å². The van der Waals surface area contributed by atoms with Crippen molar-refractivity contribution in [3.05, 3.63) is 0 Å². The Morgan fingerprint density at radius 2 is 0.500 bits per heavy atom. The zero-order chi connectivity index (χ0) is 18.0. The predicted octanol–water partition coefficient (Wildman–Crippen LogP) is -5.88. The fourth-order valence-corrected chi connectivity index (χ4v) is 0. The molecule has 0 aromatic heterocycles. The van der Waals surface area contributed by atoms with Crippen LogP contribution in [0.2, 0.25) is 0 Å². The molecule has 0 aliphatic rings. The molecular weight excluding hydrogens is 756 g/mol. The fraction of sp³-hybridized carbons (Fsp3) is 0. The Morgan fingerprint density at radius 3 is 0.500 bits per heavy atom. The Bertz CT molecular complexity index is 490. The molecule has 0 atom stereocenters. The molecule has 0 fully saturated rings. The Morgan fingerprint density at radius 1 is 0.500 bits per heavy atom.